The molecule has 2 rings (SSSR count). The molecule has 0 spiro atoms. The zero-order valence-electron chi connectivity index (χ0n) is 13.1. The number of carbonyl (C=O) groups excluding carboxylic acids is 1. The van der Waals surface area contributed by atoms with E-state index in [0.29, 0.717) is 19.2 Å². The summed E-state index contributed by atoms with van der Waals surface area (Å²) in [6.07, 6.45) is 6.06. The highest BCUT2D eigenvalue weighted by Crippen LogP contribution is 2.24. The predicted octanol–water partition coefficient (Wildman–Crippen LogP) is 3.29. The van der Waals surface area contributed by atoms with Crippen LogP contribution >= 0.6 is 0 Å². The third kappa shape index (κ3) is 4.38. The van der Waals surface area contributed by atoms with E-state index in [9.17, 15) is 4.79 Å². The van der Waals surface area contributed by atoms with E-state index in [2.05, 4.69) is 5.32 Å². The number of nitrogens with zero attached hydrogens (tertiary/aromatic N) is 1. The van der Waals surface area contributed by atoms with Crippen molar-refractivity contribution in [2.75, 3.05) is 25.5 Å². The highest BCUT2D eigenvalue weighted by atomic mass is 16.5. The lowest BCUT2D eigenvalue weighted by Crippen LogP contribution is -2.41. The van der Waals surface area contributed by atoms with Gasteiger partial charge in [-0.25, -0.2) is 0 Å². The average molecular weight is 290 g/mol. The number of anilines is 1. The summed E-state index contributed by atoms with van der Waals surface area (Å²) in [6, 6.07) is 8.15. The summed E-state index contributed by atoms with van der Waals surface area (Å²) in [7, 11) is 1.93. The number of hydrogen-bond donors (Lipinski definition) is 1. The molecular weight excluding hydrogens is 264 g/mol. The van der Waals surface area contributed by atoms with Gasteiger partial charge in [0.1, 0.15) is 5.75 Å². The van der Waals surface area contributed by atoms with Crippen LogP contribution < -0.4 is 10.1 Å². The summed E-state index contributed by atoms with van der Waals surface area (Å²) in [6.45, 7) is 2.89. The highest BCUT2D eigenvalue weighted by molar-refractivity contribution is 5.81. The maximum atomic E-state index is 12.3. The van der Waals surface area contributed by atoms with Gasteiger partial charge in [0.05, 0.1) is 18.8 Å². The lowest BCUT2D eigenvalue weighted by atomic mass is 9.94. The van der Waals surface area contributed by atoms with Gasteiger partial charge < -0.3 is 15.0 Å². The Morgan fingerprint density at radius 2 is 2.00 bits per heavy atom. The van der Waals surface area contributed by atoms with Gasteiger partial charge in [0.2, 0.25) is 5.91 Å². The van der Waals surface area contributed by atoms with E-state index in [4.69, 9.17) is 4.74 Å². The fourth-order valence-corrected chi connectivity index (χ4v) is 2.86. The zero-order chi connectivity index (χ0) is 15.1. The van der Waals surface area contributed by atoms with Crippen LogP contribution in [0.15, 0.2) is 24.3 Å². The molecule has 116 valence electrons. The Morgan fingerprint density at radius 1 is 1.29 bits per heavy atom. The molecule has 1 aliphatic rings. The van der Waals surface area contributed by atoms with Gasteiger partial charge in [0, 0.05) is 13.1 Å². The van der Waals surface area contributed by atoms with Crippen molar-refractivity contribution in [3.8, 4) is 5.75 Å². The second kappa shape index (κ2) is 7.91. The van der Waals surface area contributed by atoms with Crippen LogP contribution in [-0.4, -0.2) is 37.0 Å². The minimum Gasteiger partial charge on any atom is -0.492 e. The van der Waals surface area contributed by atoms with E-state index in [-0.39, 0.29) is 5.91 Å². The molecule has 0 saturated heterocycles. The summed E-state index contributed by atoms with van der Waals surface area (Å²) in [4.78, 5) is 14.2. The van der Waals surface area contributed by atoms with Crippen molar-refractivity contribution < 1.29 is 9.53 Å². The first-order valence-corrected chi connectivity index (χ1v) is 7.93. The van der Waals surface area contributed by atoms with Gasteiger partial charge >= 0.3 is 0 Å². The number of amides is 1. The molecule has 4 nitrogen and oxygen atoms in total. The molecule has 0 unspecified atom stereocenters. The topological polar surface area (TPSA) is 41.6 Å². The first-order valence-electron chi connectivity index (χ1n) is 7.93. The van der Waals surface area contributed by atoms with Crippen molar-refractivity contribution in [2.45, 2.75) is 45.1 Å². The quantitative estimate of drug-likeness (QED) is 0.874. The number of likely N-dealkylation sites (N-methyl/N-ethyl adjacent to an activating group) is 1. The normalized spacial score (nSPS) is 15.5. The molecule has 4 heteroatoms. The molecule has 1 N–H and O–H groups in total. The minimum absolute atomic E-state index is 0.146. The Balaban J connectivity index is 1.88. The van der Waals surface area contributed by atoms with Crippen LogP contribution in [0.2, 0.25) is 0 Å². The molecule has 0 aromatic heterocycles. The average Bonchev–Trinajstić information content (AvgIpc) is 2.54. The predicted molar refractivity (Wildman–Crippen MR) is 85.7 cm³/mol. The standard InChI is InChI=1S/C17H26N2O2/c1-3-21-16-12-8-7-11-15(16)18-13-17(20)19(2)14-9-5-4-6-10-14/h7-8,11-12,14,18H,3-6,9-10,13H2,1-2H3. The van der Waals surface area contributed by atoms with E-state index in [1.54, 1.807) is 0 Å². The number of benzene rings is 1. The zero-order valence-corrected chi connectivity index (χ0v) is 13.1. The van der Waals surface area contributed by atoms with Crippen molar-refractivity contribution in [1.29, 1.82) is 0 Å². The van der Waals surface area contributed by atoms with E-state index < -0.39 is 0 Å². The molecule has 1 aliphatic carbocycles. The Bertz CT molecular complexity index is 456. The van der Waals surface area contributed by atoms with Crippen molar-refractivity contribution in [2.24, 2.45) is 0 Å². The van der Waals surface area contributed by atoms with Gasteiger partial charge in [-0.2, -0.15) is 0 Å². The summed E-state index contributed by atoms with van der Waals surface area (Å²) in [5, 5.41) is 3.20. The van der Waals surface area contributed by atoms with Crippen molar-refractivity contribution in [3.05, 3.63) is 24.3 Å². The summed E-state index contributed by atoms with van der Waals surface area (Å²) >= 11 is 0. The van der Waals surface area contributed by atoms with Gasteiger partial charge in [-0.15, -0.1) is 0 Å². The third-order valence-corrected chi connectivity index (χ3v) is 4.13. The molecule has 1 fully saturated rings. The van der Waals surface area contributed by atoms with Crippen LogP contribution in [0.4, 0.5) is 5.69 Å². The molecule has 1 aromatic rings. The Morgan fingerprint density at radius 3 is 2.71 bits per heavy atom. The Kier molecular flexibility index (Phi) is 5.90. The van der Waals surface area contributed by atoms with Crippen LogP contribution in [0, 0.1) is 0 Å². The van der Waals surface area contributed by atoms with Gasteiger partial charge in [0.25, 0.3) is 0 Å². The van der Waals surface area contributed by atoms with Gasteiger partial charge in [-0.3, -0.25) is 4.79 Å². The molecule has 0 bridgehead atoms. The number of hydrogen-bond acceptors (Lipinski definition) is 3. The highest BCUT2D eigenvalue weighted by Gasteiger charge is 2.21. The molecular formula is C17H26N2O2. The maximum Gasteiger partial charge on any atom is 0.241 e. The number of nitrogens with one attached hydrogen (secondary N) is 1. The second-order valence-electron chi connectivity index (χ2n) is 5.58. The van der Waals surface area contributed by atoms with Gasteiger partial charge in [0.15, 0.2) is 0 Å². The van der Waals surface area contributed by atoms with Crippen molar-refractivity contribution in [1.82, 2.24) is 4.90 Å². The molecule has 0 heterocycles. The second-order valence-corrected chi connectivity index (χ2v) is 5.58. The van der Waals surface area contributed by atoms with Crippen LogP contribution in [0.25, 0.3) is 0 Å². The molecule has 1 aromatic carbocycles. The van der Waals surface area contributed by atoms with Crippen LogP contribution in [0.5, 0.6) is 5.75 Å². The largest absolute Gasteiger partial charge is 0.492 e. The van der Waals surface area contributed by atoms with E-state index >= 15 is 0 Å². The number of rotatable bonds is 6. The maximum absolute atomic E-state index is 12.3. The van der Waals surface area contributed by atoms with Gasteiger partial charge in [-0.05, 0) is 31.9 Å². The van der Waals surface area contributed by atoms with Crippen molar-refractivity contribution in [3.63, 3.8) is 0 Å². The number of ether oxygens (including phenoxy) is 1. The molecule has 0 aliphatic heterocycles. The first-order chi connectivity index (χ1) is 10.2. The number of carbonyl (C=O) groups is 1. The molecule has 1 saturated carbocycles. The van der Waals surface area contributed by atoms with E-state index in [1.165, 1.54) is 19.3 Å². The SMILES string of the molecule is CCOc1ccccc1NCC(=O)N(C)C1CCCCC1. The smallest absolute Gasteiger partial charge is 0.241 e. The van der Waals surface area contributed by atoms with E-state index in [0.717, 1.165) is 24.3 Å². The molecule has 21 heavy (non-hydrogen) atoms. The third-order valence-electron chi connectivity index (χ3n) is 4.13. The number of para-hydroxylation sites is 2. The first kappa shape index (κ1) is 15.7. The fourth-order valence-electron chi connectivity index (χ4n) is 2.86. The fraction of sp³-hybridized carbons (Fsp3) is 0.588. The Labute approximate surface area is 127 Å². The lowest BCUT2D eigenvalue weighted by Gasteiger charge is -2.31. The monoisotopic (exact) mass is 290 g/mol. The van der Waals surface area contributed by atoms with Crippen LogP contribution in [0.1, 0.15) is 39.0 Å². The Hall–Kier alpha value is -1.71. The van der Waals surface area contributed by atoms with E-state index in [1.807, 2.05) is 43.1 Å². The van der Waals surface area contributed by atoms with Crippen LogP contribution in [0.3, 0.4) is 0 Å². The molecule has 1 amide bonds. The summed E-state index contributed by atoms with van der Waals surface area (Å²) < 4.78 is 5.56. The summed E-state index contributed by atoms with van der Waals surface area (Å²) in [5.74, 6) is 0.946. The summed E-state index contributed by atoms with van der Waals surface area (Å²) in [5.41, 5.74) is 0.879. The minimum atomic E-state index is 0.146. The van der Waals surface area contributed by atoms with Crippen molar-refractivity contribution >= 4 is 11.6 Å². The lowest BCUT2D eigenvalue weighted by molar-refractivity contribution is -0.130. The van der Waals surface area contributed by atoms with Gasteiger partial charge in [-0.1, -0.05) is 31.4 Å². The van der Waals surface area contributed by atoms with Crippen LogP contribution in [-0.2, 0) is 4.79 Å². The molecule has 0 atom stereocenters. The molecule has 0 radical (unpaired) electrons.